The molecule has 0 atom stereocenters. The number of nitrogens with one attached hydrogen (secondary N) is 1. The number of rotatable bonds is 6. The molecule has 1 N–H and O–H groups in total. The number of likely N-dealkylation sites (tertiary alicyclic amines) is 2. The standard InChI is InChI=1S/C18H32N4O3.HI/c1-3-19-18(20-10-7-16(23)21-11-5-6-12-21)22-13-8-15(9-14-22)17(24)25-4-2;/h15H,3-14H2,1-2H3,(H,19,20);1H. The lowest BCUT2D eigenvalue weighted by Crippen LogP contribution is -2.46. The van der Waals surface area contributed by atoms with Gasteiger partial charge >= 0.3 is 5.97 Å². The molecule has 2 heterocycles. The van der Waals surface area contributed by atoms with Crippen molar-refractivity contribution in [1.29, 1.82) is 0 Å². The van der Waals surface area contributed by atoms with Crippen molar-refractivity contribution in [3.05, 3.63) is 0 Å². The van der Waals surface area contributed by atoms with Crippen LogP contribution in [0.4, 0.5) is 0 Å². The lowest BCUT2D eigenvalue weighted by molar-refractivity contribution is -0.149. The number of aliphatic imine (C=N–C) groups is 1. The van der Waals surface area contributed by atoms with Crippen molar-refractivity contribution >= 4 is 41.8 Å². The summed E-state index contributed by atoms with van der Waals surface area (Å²) in [6, 6.07) is 0. The number of carbonyl (C=O) groups excluding carboxylic acids is 2. The molecule has 0 saturated carbocycles. The summed E-state index contributed by atoms with van der Waals surface area (Å²) in [5.41, 5.74) is 0. The smallest absolute Gasteiger partial charge is 0.309 e. The van der Waals surface area contributed by atoms with Gasteiger partial charge in [-0.2, -0.15) is 0 Å². The second-order valence-electron chi connectivity index (χ2n) is 6.59. The minimum atomic E-state index is -0.0831. The number of ether oxygens (including phenoxy) is 1. The first-order chi connectivity index (χ1) is 12.2. The molecule has 26 heavy (non-hydrogen) atoms. The van der Waals surface area contributed by atoms with Crippen molar-refractivity contribution in [3.8, 4) is 0 Å². The molecule has 8 heteroatoms. The molecule has 0 unspecified atom stereocenters. The number of hydrogen-bond acceptors (Lipinski definition) is 4. The lowest BCUT2D eigenvalue weighted by Gasteiger charge is -2.33. The Morgan fingerprint density at radius 3 is 2.31 bits per heavy atom. The van der Waals surface area contributed by atoms with Crippen molar-refractivity contribution in [1.82, 2.24) is 15.1 Å². The van der Waals surface area contributed by atoms with Crippen LogP contribution in [0.15, 0.2) is 4.99 Å². The Morgan fingerprint density at radius 1 is 1.08 bits per heavy atom. The number of esters is 1. The summed E-state index contributed by atoms with van der Waals surface area (Å²) in [7, 11) is 0. The molecule has 1 amide bonds. The minimum absolute atomic E-state index is 0. The molecule has 0 spiro atoms. The summed E-state index contributed by atoms with van der Waals surface area (Å²) >= 11 is 0. The first-order valence-corrected chi connectivity index (χ1v) is 9.63. The van der Waals surface area contributed by atoms with E-state index in [1.807, 2.05) is 18.7 Å². The Balaban J connectivity index is 0.00000338. The molecule has 0 aromatic rings. The van der Waals surface area contributed by atoms with Crippen LogP contribution in [0.2, 0.25) is 0 Å². The molecule has 0 aliphatic carbocycles. The number of carbonyl (C=O) groups is 2. The second kappa shape index (κ2) is 12.3. The Bertz CT molecular complexity index is 473. The van der Waals surface area contributed by atoms with E-state index in [9.17, 15) is 9.59 Å². The summed E-state index contributed by atoms with van der Waals surface area (Å²) in [6.45, 7) is 8.97. The van der Waals surface area contributed by atoms with E-state index in [0.29, 0.717) is 19.6 Å². The van der Waals surface area contributed by atoms with Gasteiger partial charge in [-0.05, 0) is 39.5 Å². The van der Waals surface area contributed by atoms with E-state index < -0.39 is 0 Å². The number of halogens is 1. The van der Waals surface area contributed by atoms with Crippen molar-refractivity contribution in [2.45, 2.75) is 46.0 Å². The Labute approximate surface area is 173 Å². The van der Waals surface area contributed by atoms with E-state index in [1.54, 1.807) is 0 Å². The Morgan fingerprint density at radius 2 is 1.73 bits per heavy atom. The molecule has 0 aromatic carbocycles. The van der Waals surface area contributed by atoms with Crippen LogP contribution in [0.25, 0.3) is 0 Å². The number of amides is 1. The molecule has 150 valence electrons. The molecule has 0 bridgehead atoms. The van der Waals surface area contributed by atoms with Crippen LogP contribution in [0.1, 0.15) is 46.0 Å². The van der Waals surface area contributed by atoms with Crippen LogP contribution in [0, 0.1) is 5.92 Å². The zero-order chi connectivity index (χ0) is 18.1. The van der Waals surface area contributed by atoms with Crippen LogP contribution in [-0.2, 0) is 14.3 Å². The molecular weight excluding hydrogens is 447 g/mol. The van der Waals surface area contributed by atoms with Gasteiger partial charge in [0.1, 0.15) is 0 Å². The van der Waals surface area contributed by atoms with E-state index in [2.05, 4.69) is 15.2 Å². The van der Waals surface area contributed by atoms with Gasteiger partial charge in [0.05, 0.1) is 19.1 Å². The average molecular weight is 480 g/mol. The molecule has 2 rings (SSSR count). The summed E-state index contributed by atoms with van der Waals surface area (Å²) < 4.78 is 5.12. The fourth-order valence-electron chi connectivity index (χ4n) is 3.40. The number of nitrogens with zero attached hydrogens (tertiary/aromatic N) is 3. The van der Waals surface area contributed by atoms with Gasteiger partial charge in [0, 0.05) is 39.1 Å². The third-order valence-electron chi connectivity index (χ3n) is 4.80. The highest BCUT2D eigenvalue weighted by atomic mass is 127. The number of guanidine groups is 1. The average Bonchev–Trinajstić information content (AvgIpc) is 3.16. The zero-order valence-corrected chi connectivity index (χ0v) is 18.4. The van der Waals surface area contributed by atoms with Crippen LogP contribution >= 0.6 is 24.0 Å². The van der Waals surface area contributed by atoms with Gasteiger partial charge in [0.15, 0.2) is 5.96 Å². The second-order valence-corrected chi connectivity index (χ2v) is 6.59. The van der Waals surface area contributed by atoms with Gasteiger partial charge in [0.2, 0.25) is 5.91 Å². The van der Waals surface area contributed by atoms with E-state index in [0.717, 1.165) is 64.4 Å². The van der Waals surface area contributed by atoms with Crippen molar-refractivity contribution in [2.24, 2.45) is 10.9 Å². The van der Waals surface area contributed by atoms with Crippen LogP contribution in [0.3, 0.4) is 0 Å². The highest BCUT2D eigenvalue weighted by molar-refractivity contribution is 14.0. The summed E-state index contributed by atoms with van der Waals surface area (Å²) in [6.07, 6.45) is 4.28. The normalized spacial score (nSPS) is 18.5. The number of hydrogen-bond donors (Lipinski definition) is 1. The highest BCUT2D eigenvalue weighted by Gasteiger charge is 2.27. The quantitative estimate of drug-likeness (QED) is 0.272. The van der Waals surface area contributed by atoms with Gasteiger partial charge in [-0.3, -0.25) is 14.6 Å². The summed E-state index contributed by atoms with van der Waals surface area (Å²) in [5, 5.41) is 3.30. The fourth-order valence-corrected chi connectivity index (χ4v) is 3.40. The molecule has 0 aromatic heterocycles. The molecule has 2 fully saturated rings. The predicted molar refractivity (Wildman–Crippen MR) is 113 cm³/mol. The van der Waals surface area contributed by atoms with E-state index >= 15 is 0 Å². The first kappa shape index (κ1) is 23.0. The third kappa shape index (κ3) is 6.92. The van der Waals surface area contributed by atoms with Gasteiger partial charge in [-0.1, -0.05) is 0 Å². The highest BCUT2D eigenvalue weighted by Crippen LogP contribution is 2.19. The van der Waals surface area contributed by atoms with E-state index in [-0.39, 0.29) is 41.8 Å². The fraction of sp³-hybridized carbons (Fsp3) is 0.833. The van der Waals surface area contributed by atoms with Gasteiger partial charge in [-0.25, -0.2) is 0 Å². The predicted octanol–water partition coefficient (Wildman–Crippen LogP) is 1.86. The first-order valence-electron chi connectivity index (χ1n) is 9.63. The molecular formula is C18H33IN4O3. The maximum atomic E-state index is 12.1. The van der Waals surface area contributed by atoms with Gasteiger partial charge in [0.25, 0.3) is 0 Å². The molecule has 2 aliphatic heterocycles. The minimum Gasteiger partial charge on any atom is -0.466 e. The van der Waals surface area contributed by atoms with Crippen LogP contribution in [0.5, 0.6) is 0 Å². The Kier molecular flexibility index (Phi) is 10.9. The number of piperidine rings is 1. The van der Waals surface area contributed by atoms with Gasteiger partial charge < -0.3 is 19.9 Å². The molecule has 2 aliphatic rings. The molecule has 0 radical (unpaired) electrons. The Hall–Kier alpha value is -1.06. The van der Waals surface area contributed by atoms with Gasteiger partial charge in [-0.15, -0.1) is 24.0 Å². The van der Waals surface area contributed by atoms with Crippen LogP contribution < -0.4 is 5.32 Å². The van der Waals surface area contributed by atoms with Crippen molar-refractivity contribution in [2.75, 3.05) is 45.9 Å². The van der Waals surface area contributed by atoms with E-state index in [1.165, 1.54) is 0 Å². The topological polar surface area (TPSA) is 74.2 Å². The summed E-state index contributed by atoms with van der Waals surface area (Å²) in [5.74, 6) is 0.966. The maximum absolute atomic E-state index is 12.1. The van der Waals surface area contributed by atoms with Crippen LogP contribution in [-0.4, -0.2) is 73.5 Å². The van der Waals surface area contributed by atoms with E-state index in [4.69, 9.17) is 4.74 Å². The largest absolute Gasteiger partial charge is 0.466 e. The maximum Gasteiger partial charge on any atom is 0.309 e. The zero-order valence-electron chi connectivity index (χ0n) is 16.0. The van der Waals surface area contributed by atoms with Crippen molar-refractivity contribution < 1.29 is 14.3 Å². The summed E-state index contributed by atoms with van der Waals surface area (Å²) in [4.78, 5) is 32.7. The molecule has 7 nitrogen and oxygen atoms in total. The monoisotopic (exact) mass is 480 g/mol. The lowest BCUT2D eigenvalue weighted by atomic mass is 9.97. The van der Waals surface area contributed by atoms with Crippen molar-refractivity contribution in [3.63, 3.8) is 0 Å². The SMILES string of the molecule is CCNC(=NCCC(=O)N1CCCC1)N1CCC(C(=O)OCC)CC1.I. The molecule has 2 saturated heterocycles. The third-order valence-corrected chi connectivity index (χ3v) is 4.80.